The molecule has 0 atom stereocenters. The number of terminal acetylenes is 1. The first-order valence-electron chi connectivity index (χ1n) is 9.86. The Balaban J connectivity index is 1.93. The van der Waals surface area contributed by atoms with Gasteiger partial charge < -0.3 is 23.7 Å². The molecule has 2 heterocycles. The normalized spacial score (nSPS) is 12.9. The van der Waals surface area contributed by atoms with Crippen molar-refractivity contribution >= 4 is 11.8 Å². The average molecular weight is 422 g/mol. The molecule has 0 amide bonds. The van der Waals surface area contributed by atoms with E-state index in [2.05, 4.69) is 22.7 Å². The van der Waals surface area contributed by atoms with Gasteiger partial charge in [0.05, 0.1) is 39.7 Å². The lowest BCUT2D eigenvalue weighted by Gasteiger charge is -2.34. The number of anilines is 1. The summed E-state index contributed by atoms with van der Waals surface area (Å²) in [5.74, 6) is 11.2. The van der Waals surface area contributed by atoms with Crippen molar-refractivity contribution in [3.05, 3.63) is 35.3 Å². The molecule has 0 unspecified atom stereocenters. The highest BCUT2D eigenvalue weighted by Gasteiger charge is 2.29. The zero-order chi connectivity index (χ0) is 22.4. The number of ether oxygens (including phenoxy) is 3. The van der Waals surface area contributed by atoms with Crippen LogP contribution < -0.4 is 14.4 Å². The Kier molecular flexibility index (Phi) is 7.07. The van der Waals surface area contributed by atoms with Crippen molar-refractivity contribution in [3.63, 3.8) is 0 Å². The second-order valence-corrected chi connectivity index (χ2v) is 6.92. The van der Waals surface area contributed by atoms with E-state index in [9.17, 15) is 4.79 Å². The first-order chi connectivity index (χ1) is 15.0. The maximum absolute atomic E-state index is 12.1. The smallest absolute Gasteiger partial charge is 0.325 e. The number of hydrogen-bond donors (Lipinski definition) is 0. The lowest BCUT2D eigenvalue weighted by atomic mass is 10.2. The second kappa shape index (κ2) is 9.92. The molecular weight excluding hydrogens is 396 g/mol. The largest absolute Gasteiger partial charge is 0.493 e. The van der Waals surface area contributed by atoms with Crippen LogP contribution in [0.1, 0.15) is 24.0 Å². The van der Waals surface area contributed by atoms with E-state index in [1.165, 1.54) is 0 Å². The van der Waals surface area contributed by atoms with Crippen LogP contribution in [0.25, 0.3) is 0 Å². The molecule has 0 aliphatic carbocycles. The van der Waals surface area contributed by atoms with Gasteiger partial charge in [0.2, 0.25) is 0 Å². The summed E-state index contributed by atoms with van der Waals surface area (Å²) in [5, 5.41) is 0. The van der Waals surface area contributed by atoms with Crippen molar-refractivity contribution in [2.45, 2.75) is 13.5 Å². The SMILES string of the molecule is C#CCN1Cc2c(nc(C#Cc3ccc(OC)c(OC)c3)n2C)N(CC(=O)OCC)C1. The minimum atomic E-state index is -0.306. The zero-order valence-electron chi connectivity index (χ0n) is 18.3. The van der Waals surface area contributed by atoms with Crippen LogP contribution in [-0.2, 0) is 23.1 Å². The van der Waals surface area contributed by atoms with Gasteiger partial charge in [-0.2, -0.15) is 0 Å². The fraction of sp³-hybridized carbons (Fsp3) is 0.391. The van der Waals surface area contributed by atoms with E-state index in [4.69, 9.17) is 25.6 Å². The molecule has 8 nitrogen and oxygen atoms in total. The van der Waals surface area contributed by atoms with E-state index < -0.39 is 0 Å². The third-order valence-electron chi connectivity index (χ3n) is 4.88. The van der Waals surface area contributed by atoms with Crippen LogP contribution >= 0.6 is 0 Å². The van der Waals surface area contributed by atoms with Crippen molar-refractivity contribution in [1.82, 2.24) is 14.5 Å². The number of nitrogens with zero attached hydrogens (tertiary/aromatic N) is 4. The summed E-state index contributed by atoms with van der Waals surface area (Å²) in [7, 11) is 5.08. The number of imidazole rings is 1. The molecule has 1 aromatic carbocycles. The van der Waals surface area contributed by atoms with Crippen LogP contribution in [0, 0.1) is 24.2 Å². The highest BCUT2D eigenvalue weighted by molar-refractivity contribution is 5.76. The van der Waals surface area contributed by atoms with E-state index in [0.29, 0.717) is 43.7 Å². The molecule has 0 saturated heterocycles. The van der Waals surface area contributed by atoms with E-state index in [-0.39, 0.29) is 12.5 Å². The number of benzene rings is 1. The standard InChI is InChI=1S/C23H26N4O4/c1-6-12-26-14-18-23(27(16-26)15-22(28)31-7-2)24-21(25(18)3)11-9-17-8-10-19(29-4)20(13-17)30-5/h1,8,10,13H,7,12,14-16H2,2-5H3. The number of methoxy groups -OCH3 is 2. The molecule has 0 fully saturated rings. The summed E-state index contributed by atoms with van der Waals surface area (Å²) in [6.45, 7) is 3.80. The Hall–Kier alpha value is -3.62. The molecule has 1 aliphatic rings. The Morgan fingerprint density at radius 3 is 2.68 bits per heavy atom. The van der Waals surface area contributed by atoms with Crippen LogP contribution in [0.4, 0.5) is 5.82 Å². The number of esters is 1. The highest BCUT2D eigenvalue weighted by atomic mass is 16.5. The maximum atomic E-state index is 12.1. The molecular formula is C23H26N4O4. The number of fused-ring (bicyclic) bond motifs is 1. The Bertz CT molecular complexity index is 1060. The fourth-order valence-electron chi connectivity index (χ4n) is 3.39. The van der Waals surface area contributed by atoms with Gasteiger partial charge in [0.15, 0.2) is 23.1 Å². The second-order valence-electron chi connectivity index (χ2n) is 6.92. The van der Waals surface area contributed by atoms with E-state index in [0.717, 1.165) is 17.1 Å². The van der Waals surface area contributed by atoms with E-state index >= 15 is 0 Å². The van der Waals surface area contributed by atoms with Gasteiger partial charge in [-0.25, -0.2) is 4.98 Å². The molecule has 0 saturated carbocycles. The first kappa shape index (κ1) is 22.1. The summed E-state index contributed by atoms with van der Waals surface area (Å²) >= 11 is 0. The average Bonchev–Trinajstić information content (AvgIpc) is 3.08. The van der Waals surface area contributed by atoms with Crippen LogP contribution in [0.15, 0.2) is 18.2 Å². The van der Waals surface area contributed by atoms with Crippen molar-refractivity contribution in [3.8, 4) is 35.7 Å². The van der Waals surface area contributed by atoms with E-state index in [1.807, 2.05) is 34.7 Å². The highest BCUT2D eigenvalue weighted by Crippen LogP contribution is 2.28. The molecule has 3 rings (SSSR count). The summed E-state index contributed by atoms with van der Waals surface area (Å²) in [6.07, 6.45) is 5.51. The number of aromatic nitrogens is 2. The Labute approximate surface area is 182 Å². The molecule has 2 aromatic rings. The molecule has 1 aliphatic heterocycles. The molecule has 0 spiro atoms. The van der Waals surface area contributed by atoms with Gasteiger partial charge in [-0.05, 0) is 31.0 Å². The predicted octanol–water partition coefficient (Wildman–Crippen LogP) is 1.61. The zero-order valence-corrected chi connectivity index (χ0v) is 18.3. The number of carbonyl (C=O) groups excluding carboxylic acids is 1. The van der Waals surface area contributed by atoms with Gasteiger partial charge in [0.25, 0.3) is 0 Å². The van der Waals surface area contributed by atoms with Crippen molar-refractivity contribution in [1.29, 1.82) is 0 Å². The van der Waals surface area contributed by atoms with Crippen LogP contribution in [-0.4, -0.2) is 61.0 Å². The third-order valence-corrected chi connectivity index (χ3v) is 4.88. The molecule has 1 aromatic heterocycles. The molecule has 0 radical (unpaired) electrons. The summed E-state index contributed by atoms with van der Waals surface area (Å²) < 4.78 is 17.7. The number of rotatable bonds is 6. The maximum Gasteiger partial charge on any atom is 0.325 e. The van der Waals surface area contributed by atoms with Crippen molar-refractivity contribution in [2.24, 2.45) is 7.05 Å². The van der Waals surface area contributed by atoms with Gasteiger partial charge in [-0.1, -0.05) is 11.8 Å². The minimum Gasteiger partial charge on any atom is -0.493 e. The van der Waals surface area contributed by atoms with Crippen molar-refractivity contribution < 1.29 is 19.0 Å². The summed E-state index contributed by atoms with van der Waals surface area (Å²) in [5.41, 5.74) is 1.72. The van der Waals surface area contributed by atoms with Gasteiger partial charge in [0.1, 0.15) is 6.54 Å². The van der Waals surface area contributed by atoms with Crippen LogP contribution in [0.3, 0.4) is 0 Å². The minimum absolute atomic E-state index is 0.0987. The van der Waals surface area contributed by atoms with Gasteiger partial charge in [0, 0.05) is 19.2 Å². The number of carbonyl (C=O) groups is 1. The monoisotopic (exact) mass is 422 g/mol. The number of hydrogen-bond acceptors (Lipinski definition) is 7. The van der Waals surface area contributed by atoms with Gasteiger partial charge >= 0.3 is 5.97 Å². The van der Waals surface area contributed by atoms with Crippen LogP contribution in [0.2, 0.25) is 0 Å². The molecule has 0 bridgehead atoms. The Morgan fingerprint density at radius 2 is 2.00 bits per heavy atom. The molecule has 162 valence electrons. The molecule has 31 heavy (non-hydrogen) atoms. The van der Waals surface area contributed by atoms with Gasteiger partial charge in [-0.15, -0.1) is 6.42 Å². The molecule has 0 N–H and O–H groups in total. The first-order valence-corrected chi connectivity index (χ1v) is 9.86. The third kappa shape index (κ3) is 4.93. The topological polar surface area (TPSA) is 69.1 Å². The quantitative estimate of drug-likeness (QED) is 0.518. The summed E-state index contributed by atoms with van der Waals surface area (Å²) in [4.78, 5) is 20.7. The van der Waals surface area contributed by atoms with Gasteiger partial charge in [-0.3, -0.25) is 9.69 Å². The predicted molar refractivity (Wildman–Crippen MR) is 117 cm³/mol. The van der Waals surface area contributed by atoms with E-state index in [1.54, 1.807) is 21.1 Å². The summed E-state index contributed by atoms with van der Waals surface area (Å²) in [6, 6.07) is 5.49. The lowest BCUT2D eigenvalue weighted by Crippen LogP contribution is -2.45. The van der Waals surface area contributed by atoms with Crippen molar-refractivity contribution in [2.75, 3.05) is 45.5 Å². The molecule has 8 heteroatoms. The fourth-order valence-corrected chi connectivity index (χ4v) is 3.39. The Morgan fingerprint density at radius 1 is 1.23 bits per heavy atom. The van der Waals surface area contributed by atoms with Crippen LogP contribution in [0.5, 0.6) is 11.5 Å². The lowest BCUT2D eigenvalue weighted by molar-refractivity contribution is -0.141.